The number of hydrogen-bond donors (Lipinski definition) is 1. The lowest BCUT2D eigenvalue weighted by Gasteiger charge is -2.10. The summed E-state index contributed by atoms with van der Waals surface area (Å²) in [4.78, 5) is 4.37. The van der Waals surface area contributed by atoms with E-state index in [1.807, 2.05) is 30.3 Å². The zero-order chi connectivity index (χ0) is 20.4. The molecule has 0 fully saturated rings. The third-order valence-corrected chi connectivity index (χ3v) is 6.08. The molecule has 0 aliphatic rings. The van der Waals surface area contributed by atoms with E-state index >= 15 is 0 Å². The SMILES string of the molecule is O=S(=O)(Nc1ccc(Cl)cc1Cl)c1ccc(-c2ncc(-c3ccccc3)o2)cc1. The highest BCUT2D eigenvalue weighted by Crippen LogP contribution is 2.29. The van der Waals surface area contributed by atoms with Crippen molar-refractivity contribution in [1.29, 1.82) is 0 Å². The maximum absolute atomic E-state index is 12.6. The molecule has 5 nitrogen and oxygen atoms in total. The van der Waals surface area contributed by atoms with Crippen LogP contribution in [0, 0.1) is 0 Å². The molecule has 0 saturated heterocycles. The Hall–Kier alpha value is -2.80. The average molecular weight is 445 g/mol. The number of nitrogens with one attached hydrogen (secondary N) is 1. The van der Waals surface area contributed by atoms with Gasteiger partial charge in [-0.1, -0.05) is 53.5 Å². The molecular weight excluding hydrogens is 431 g/mol. The molecule has 1 N–H and O–H groups in total. The minimum absolute atomic E-state index is 0.0853. The summed E-state index contributed by atoms with van der Waals surface area (Å²) in [6.45, 7) is 0. The molecule has 0 atom stereocenters. The normalized spacial score (nSPS) is 11.4. The number of anilines is 1. The van der Waals surface area contributed by atoms with Gasteiger partial charge in [-0.3, -0.25) is 4.72 Å². The number of sulfonamides is 1. The lowest BCUT2D eigenvalue weighted by atomic mass is 10.2. The number of nitrogens with zero attached hydrogens (tertiary/aromatic N) is 1. The summed E-state index contributed by atoms with van der Waals surface area (Å²) in [5, 5.41) is 0.633. The summed E-state index contributed by atoms with van der Waals surface area (Å²) in [6.07, 6.45) is 1.64. The second-order valence-corrected chi connectivity index (χ2v) is 8.68. The molecule has 1 heterocycles. The first-order valence-corrected chi connectivity index (χ1v) is 10.8. The van der Waals surface area contributed by atoms with E-state index in [1.54, 1.807) is 24.4 Å². The van der Waals surface area contributed by atoms with Crippen LogP contribution in [0.4, 0.5) is 5.69 Å². The summed E-state index contributed by atoms with van der Waals surface area (Å²) in [5.41, 5.74) is 1.82. The standard InChI is InChI=1S/C21H14Cl2N2O3S/c22-16-8-11-19(18(23)12-16)25-29(26,27)17-9-6-15(7-10-17)21-24-13-20(28-21)14-4-2-1-3-5-14/h1-13,25H. The van der Waals surface area contributed by atoms with Gasteiger partial charge < -0.3 is 4.42 Å². The van der Waals surface area contributed by atoms with Crippen molar-refractivity contribution in [1.82, 2.24) is 4.98 Å². The number of halogens is 2. The van der Waals surface area contributed by atoms with Gasteiger partial charge in [-0.05, 0) is 42.5 Å². The third-order valence-electron chi connectivity index (χ3n) is 4.15. The van der Waals surface area contributed by atoms with Crippen LogP contribution < -0.4 is 4.72 Å². The minimum atomic E-state index is -3.81. The fourth-order valence-electron chi connectivity index (χ4n) is 2.70. The molecular formula is C21H14Cl2N2O3S. The van der Waals surface area contributed by atoms with Crippen LogP contribution in [-0.4, -0.2) is 13.4 Å². The van der Waals surface area contributed by atoms with Crippen molar-refractivity contribution in [2.45, 2.75) is 4.90 Å². The highest BCUT2D eigenvalue weighted by atomic mass is 35.5. The molecule has 0 amide bonds. The van der Waals surface area contributed by atoms with Gasteiger partial charge in [0.2, 0.25) is 5.89 Å². The monoisotopic (exact) mass is 444 g/mol. The van der Waals surface area contributed by atoms with Crippen LogP contribution in [0.5, 0.6) is 0 Å². The van der Waals surface area contributed by atoms with Gasteiger partial charge in [0.15, 0.2) is 5.76 Å². The van der Waals surface area contributed by atoms with Gasteiger partial charge in [0, 0.05) is 16.1 Å². The smallest absolute Gasteiger partial charge is 0.261 e. The predicted molar refractivity (Wildman–Crippen MR) is 115 cm³/mol. The molecule has 0 aliphatic carbocycles. The van der Waals surface area contributed by atoms with Gasteiger partial charge in [0.05, 0.1) is 21.8 Å². The first-order chi connectivity index (χ1) is 13.9. The third kappa shape index (κ3) is 4.29. The Bertz CT molecular complexity index is 1250. The quantitative estimate of drug-likeness (QED) is 0.402. The van der Waals surface area contributed by atoms with Crippen LogP contribution in [0.15, 0.2) is 88.3 Å². The van der Waals surface area contributed by atoms with Gasteiger partial charge in [-0.2, -0.15) is 0 Å². The molecule has 8 heteroatoms. The first-order valence-electron chi connectivity index (χ1n) is 8.52. The van der Waals surface area contributed by atoms with Crippen molar-refractivity contribution in [3.63, 3.8) is 0 Å². The molecule has 3 aromatic carbocycles. The number of benzene rings is 3. The number of oxazole rings is 1. The Balaban J connectivity index is 1.57. The second kappa shape index (κ2) is 7.91. The Morgan fingerprint density at radius 3 is 2.28 bits per heavy atom. The van der Waals surface area contributed by atoms with Crippen LogP contribution >= 0.6 is 23.2 Å². The van der Waals surface area contributed by atoms with Crippen molar-refractivity contribution < 1.29 is 12.8 Å². The first kappa shape index (κ1) is 19.5. The van der Waals surface area contributed by atoms with Crippen LogP contribution in [0.2, 0.25) is 10.0 Å². The second-order valence-electron chi connectivity index (χ2n) is 6.15. The Morgan fingerprint density at radius 1 is 0.862 bits per heavy atom. The van der Waals surface area contributed by atoms with Crippen LogP contribution in [0.3, 0.4) is 0 Å². The maximum atomic E-state index is 12.6. The molecule has 1 aromatic heterocycles. The van der Waals surface area contributed by atoms with E-state index in [1.165, 1.54) is 24.3 Å². The summed E-state index contributed by atoms with van der Waals surface area (Å²) in [7, 11) is -3.81. The maximum Gasteiger partial charge on any atom is 0.261 e. The van der Waals surface area contributed by atoms with E-state index in [0.717, 1.165) is 5.56 Å². The van der Waals surface area contributed by atoms with Gasteiger partial charge >= 0.3 is 0 Å². The number of aromatic nitrogens is 1. The molecule has 0 spiro atoms. The van der Waals surface area contributed by atoms with Gasteiger partial charge in [0.1, 0.15) is 0 Å². The van der Waals surface area contributed by atoms with E-state index < -0.39 is 10.0 Å². The zero-order valence-electron chi connectivity index (χ0n) is 14.8. The highest BCUT2D eigenvalue weighted by Gasteiger charge is 2.17. The summed E-state index contributed by atoms with van der Waals surface area (Å²) in [5.74, 6) is 1.04. The summed E-state index contributed by atoms with van der Waals surface area (Å²) < 4.78 is 33.5. The molecule has 146 valence electrons. The summed E-state index contributed by atoms with van der Waals surface area (Å²) >= 11 is 11.9. The summed E-state index contributed by atoms with van der Waals surface area (Å²) in [6, 6.07) is 20.4. The van der Waals surface area contributed by atoms with Gasteiger partial charge in [-0.15, -0.1) is 0 Å². The molecule has 0 aliphatic heterocycles. The molecule has 29 heavy (non-hydrogen) atoms. The fourth-order valence-corrected chi connectivity index (χ4v) is 4.29. The molecule has 0 saturated carbocycles. The molecule has 4 aromatic rings. The van der Waals surface area contributed by atoms with E-state index in [9.17, 15) is 8.42 Å². The largest absolute Gasteiger partial charge is 0.436 e. The lowest BCUT2D eigenvalue weighted by molar-refractivity contribution is 0.588. The van der Waals surface area contributed by atoms with Gasteiger partial charge in [-0.25, -0.2) is 13.4 Å². The van der Waals surface area contributed by atoms with Crippen molar-refractivity contribution in [2.75, 3.05) is 4.72 Å². The Labute approximate surface area is 178 Å². The fraction of sp³-hybridized carbons (Fsp3) is 0. The van der Waals surface area contributed by atoms with Crippen molar-refractivity contribution in [3.8, 4) is 22.8 Å². The molecule has 4 rings (SSSR count). The molecule has 0 bridgehead atoms. The van der Waals surface area contributed by atoms with E-state index in [2.05, 4.69) is 9.71 Å². The highest BCUT2D eigenvalue weighted by molar-refractivity contribution is 7.92. The molecule has 0 radical (unpaired) electrons. The van der Waals surface area contributed by atoms with Crippen molar-refractivity contribution >= 4 is 38.9 Å². The van der Waals surface area contributed by atoms with Crippen LogP contribution in [0.1, 0.15) is 0 Å². The van der Waals surface area contributed by atoms with E-state index in [-0.39, 0.29) is 15.6 Å². The number of rotatable bonds is 5. The number of hydrogen-bond acceptors (Lipinski definition) is 4. The van der Waals surface area contributed by atoms with Crippen LogP contribution in [0.25, 0.3) is 22.8 Å². The average Bonchev–Trinajstić information content (AvgIpc) is 3.21. The predicted octanol–water partition coefficient (Wildman–Crippen LogP) is 6.12. The van der Waals surface area contributed by atoms with Gasteiger partial charge in [0.25, 0.3) is 10.0 Å². The van der Waals surface area contributed by atoms with E-state index in [0.29, 0.717) is 22.2 Å². The Morgan fingerprint density at radius 2 is 1.59 bits per heavy atom. The zero-order valence-corrected chi connectivity index (χ0v) is 17.2. The van der Waals surface area contributed by atoms with Crippen molar-refractivity contribution in [2.24, 2.45) is 0 Å². The minimum Gasteiger partial charge on any atom is -0.436 e. The van der Waals surface area contributed by atoms with Crippen molar-refractivity contribution in [3.05, 3.63) is 89.0 Å². The Kier molecular flexibility index (Phi) is 5.32. The van der Waals surface area contributed by atoms with Crippen LogP contribution in [-0.2, 0) is 10.0 Å². The molecule has 0 unspecified atom stereocenters. The topological polar surface area (TPSA) is 72.2 Å². The lowest BCUT2D eigenvalue weighted by Crippen LogP contribution is -2.13. The van der Waals surface area contributed by atoms with E-state index in [4.69, 9.17) is 27.6 Å².